The van der Waals surface area contributed by atoms with E-state index in [0.717, 1.165) is 30.9 Å². The summed E-state index contributed by atoms with van der Waals surface area (Å²) in [7, 11) is 0. The molecule has 0 atom stereocenters. The molecule has 0 heterocycles. The molecule has 144 valence electrons. The first-order valence-corrected chi connectivity index (χ1v) is 9.51. The van der Waals surface area contributed by atoms with Crippen LogP contribution in [-0.4, -0.2) is 36.9 Å². The number of nitrogens with zero attached hydrogens (tertiary/aromatic N) is 1. The molecule has 0 N–H and O–H groups in total. The van der Waals surface area contributed by atoms with Gasteiger partial charge in [0.2, 0.25) is 0 Å². The smallest absolute Gasteiger partial charge is 0.194 e. The molecular formula is C22H26ClNO3. The lowest BCUT2D eigenvalue weighted by atomic mass is 10.2. The summed E-state index contributed by atoms with van der Waals surface area (Å²) in [4.78, 5) is 14.2. The van der Waals surface area contributed by atoms with E-state index in [0.29, 0.717) is 17.4 Å². The highest BCUT2D eigenvalue weighted by Crippen LogP contribution is 2.21. The van der Waals surface area contributed by atoms with Crippen LogP contribution in [0.3, 0.4) is 0 Å². The molecule has 2 aromatic carbocycles. The number of ketones is 1. The van der Waals surface area contributed by atoms with E-state index in [-0.39, 0.29) is 11.5 Å². The van der Waals surface area contributed by atoms with Crippen molar-refractivity contribution in [3.8, 4) is 11.5 Å². The fourth-order valence-corrected chi connectivity index (χ4v) is 2.60. The normalized spacial score (nSPS) is 11.5. The van der Waals surface area contributed by atoms with Crippen LogP contribution in [0.2, 0.25) is 5.02 Å². The monoisotopic (exact) mass is 387 g/mol. The summed E-state index contributed by atoms with van der Waals surface area (Å²) in [6, 6.07) is 14.5. The Balaban J connectivity index is 1.98. The van der Waals surface area contributed by atoms with E-state index in [2.05, 4.69) is 18.7 Å². The first kappa shape index (κ1) is 21.0. The van der Waals surface area contributed by atoms with Crippen molar-refractivity contribution < 1.29 is 14.3 Å². The average molecular weight is 388 g/mol. The number of hydrogen-bond donors (Lipinski definition) is 0. The van der Waals surface area contributed by atoms with Crippen molar-refractivity contribution in [1.82, 2.24) is 4.90 Å². The van der Waals surface area contributed by atoms with Crippen molar-refractivity contribution >= 4 is 23.5 Å². The molecule has 0 radical (unpaired) electrons. The summed E-state index contributed by atoms with van der Waals surface area (Å²) in [5.74, 6) is 1.49. The molecule has 5 heteroatoms. The third-order valence-corrected chi connectivity index (χ3v) is 4.39. The minimum Gasteiger partial charge on any atom is -0.492 e. The molecule has 0 amide bonds. The first-order valence-electron chi connectivity index (χ1n) is 9.13. The Bertz CT molecular complexity index is 750. The topological polar surface area (TPSA) is 38.8 Å². The second-order valence-corrected chi connectivity index (χ2v) is 6.50. The molecule has 27 heavy (non-hydrogen) atoms. The van der Waals surface area contributed by atoms with Crippen LogP contribution >= 0.6 is 11.6 Å². The SMILES string of the molecule is CCN(CC)CCOc1ccc(OC(=Cc2ccc(Cl)cc2)C(C)=O)cc1. The summed E-state index contributed by atoms with van der Waals surface area (Å²) in [6.45, 7) is 9.31. The van der Waals surface area contributed by atoms with E-state index >= 15 is 0 Å². The quantitative estimate of drug-likeness (QED) is 0.421. The fourth-order valence-electron chi connectivity index (χ4n) is 2.48. The van der Waals surface area contributed by atoms with Crippen molar-refractivity contribution in [1.29, 1.82) is 0 Å². The van der Waals surface area contributed by atoms with Crippen LogP contribution < -0.4 is 9.47 Å². The van der Waals surface area contributed by atoms with Gasteiger partial charge in [0, 0.05) is 18.5 Å². The second kappa shape index (κ2) is 10.8. The van der Waals surface area contributed by atoms with Gasteiger partial charge in [-0.3, -0.25) is 4.79 Å². The molecule has 4 nitrogen and oxygen atoms in total. The highest BCUT2D eigenvalue weighted by Gasteiger charge is 2.08. The number of carbonyl (C=O) groups is 1. The number of halogens is 1. The maximum Gasteiger partial charge on any atom is 0.194 e. The molecule has 0 fully saturated rings. The number of hydrogen-bond acceptors (Lipinski definition) is 4. The number of likely N-dealkylation sites (N-methyl/N-ethyl adjacent to an activating group) is 1. The lowest BCUT2D eigenvalue weighted by molar-refractivity contribution is -0.115. The zero-order valence-corrected chi connectivity index (χ0v) is 16.8. The van der Waals surface area contributed by atoms with Crippen LogP contribution in [0.1, 0.15) is 26.3 Å². The molecular weight excluding hydrogens is 362 g/mol. The Hall–Kier alpha value is -2.30. The number of allylic oxidation sites excluding steroid dienone is 1. The van der Waals surface area contributed by atoms with Gasteiger partial charge in [-0.25, -0.2) is 0 Å². The molecule has 0 saturated heterocycles. The summed E-state index contributed by atoms with van der Waals surface area (Å²) >= 11 is 5.89. The largest absolute Gasteiger partial charge is 0.492 e. The molecule has 0 bridgehead atoms. The van der Waals surface area contributed by atoms with Gasteiger partial charge in [0.05, 0.1) is 0 Å². The summed E-state index contributed by atoms with van der Waals surface area (Å²) < 4.78 is 11.5. The number of benzene rings is 2. The van der Waals surface area contributed by atoms with Crippen molar-refractivity contribution in [3.05, 3.63) is 64.9 Å². The van der Waals surface area contributed by atoms with Crippen molar-refractivity contribution in [2.24, 2.45) is 0 Å². The van der Waals surface area contributed by atoms with Gasteiger partial charge in [0.15, 0.2) is 11.5 Å². The van der Waals surface area contributed by atoms with Gasteiger partial charge in [-0.05, 0) is 61.1 Å². The van der Waals surface area contributed by atoms with E-state index < -0.39 is 0 Å². The Kier molecular flexibility index (Phi) is 8.37. The van der Waals surface area contributed by atoms with Gasteiger partial charge in [0.25, 0.3) is 0 Å². The Morgan fingerprint density at radius 3 is 2.15 bits per heavy atom. The van der Waals surface area contributed by atoms with E-state index in [1.165, 1.54) is 6.92 Å². The Labute approximate surface area is 166 Å². The Morgan fingerprint density at radius 2 is 1.59 bits per heavy atom. The van der Waals surface area contributed by atoms with Gasteiger partial charge in [-0.15, -0.1) is 0 Å². The van der Waals surface area contributed by atoms with Crippen LogP contribution in [0.5, 0.6) is 11.5 Å². The lowest BCUT2D eigenvalue weighted by Gasteiger charge is -2.18. The van der Waals surface area contributed by atoms with Gasteiger partial charge >= 0.3 is 0 Å². The molecule has 0 saturated carbocycles. The van der Waals surface area contributed by atoms with Crippen molar-refractivity contribution in [2.75, 3.05) is 26.2 Å². The van der Waals surface area contributed by atoms with E-state index in [9.17, 15) is 4.79 Å². The maximum atomic E-state index is 11.9. The standard InChI is InChI=1S/C22H26ClNO3/c1-4-24(5-2)14-15-26-20-10-12-21(13-11-20)27-22(17(3)25)16-18-6-8-19(23)9-7-18/h6-13,16H,4-5,14-15H2,1-3H3. The summed E-state index contributed by atoms with van der Waals surface area (Å²) in [6.07, 6.45) is 1.70. The number of Topliss-reactive ketones (excluding diaryl/α,β-unsaturated/α-hetero) is 1. The second-order valence-electron chi connectivity index (χ2n) is 6.07. The molecule has 2 aromatic rings. The number of carbonyl (C=O) groups excluding carboxylic acids is 1. The molecule has 2 rings (SSSR count). The van der Waals surface area contributed by atoms with E-state index in [4.69, 9.17) is 21.1 Å². The van der Waals surface area contributed by atoms with Gasteiger partial charge in [-0.2, -0.15) is 0 Å². The molecule has 0 aliphatic rings. The predicted molar refractivity (Wildman–Crippen MR) is 110 cm³/mol. The number of ether oxygens (including phenoxy) is 2. The minimum atomic E-state index is -0.149. The molecule has 0 aromatic heterocycles. The highest BCUT2D eigenvalue weighted by molar-refractivity contribution is 6.30. The highest BCUT2D eigenvalue weighted by atomic mass is 35.5. The predicted octanol–water partition coefficient (Wildman–Crippen LogP) is 5.07. The summed E-state index contributed by atoms with van der Waals surface area (Å²) in [5, 5.41) is 0.647. The molecule has 0 aliphatic carbocycles. The van der Waals surface area contributed by atoms with E-state index in [1.54, 1.807) is 30.3 Å². The fraction of sp³-hybridized carbons (Fsp3) is 0.318. The molecule has 0 spiro atoms. The third kappa shape index (κ3) is 7.08. The number of rotatable bonds is 10. The van der Waals surface area contributed by atoms with Crippen LogP contribution in [0.15, 0.2) is 54.3 Å². The molecule has 0 aliphatic heterocycles. The van der Waals surface area contributed by atoms with Gasteiger partial charge in [-0.1, -0.05) is 37.6 Å². The third-order valence-electron chi connectivity index (χ3n) is 4.14. The lowest BCUT2D eigenvalue weighted by Crippen LogP contribution is -2.27. The van der Waals surface area contributed by atoms with Gasteiger partial charge in [0.1, 0.15) is 18.1 Å². The zero-order chi connectivity index (χ0) is 19.6. The van der Waals surface area contributed by atoms with E-state index in [1.807, 2.05) is 24.3 Å². The van der Waals surface area contributed by atoms with Crippen LogP contribution in [0.4, 0.5) is 0 Å². The maximum absolute atomic E-state index is 11.9. The van der Waals surface area contributed by atoms with Crippen LogP contribution in [0.25, 0.3) is 6.08 Å². The van der Waals surface area contributed by atoms with Crippen molar-refractivity contribution in [3.63, 3.8) is 0 Å². The van der Waals surface area contributed by atoms with Gasteiger partial charge < -0.3 is 14.4 Å². The average Bonchev–Trinajstić information content (AvgIpc) is 2.67. The first-order chi connectivity index (χ1) is 13.0. The summed E-state index contributed by atoms with van der Waals surface area (Å²) in [5.41, 5.74) is 0.848. The Morgan fingerprint density at radius 1 is 1.00 bits per heavy atom. The molecule has 0 unspecified atom stereocenters. The minimum absolute atomic E-state index is 0.149. The van der Waals surface area contributed by atoms with Crippen molar-refractivity contribution in [2.45, 2.75) is 20.8 Å². The van der Waals surface area contributed by atoms with Crippen LogP contribution in [-0.2, 0) is 4.79 Å². The zero-order valence-electron chi connectivity index (χ0n) is 16.1. The van der Waals surface area contributed by atoms with Crippen LogP contribution in [0, 0.1) is 0 Å².